The number of aromatic nitrogens is 3. The number of aliphatic hydroxyl groups is 1. The predicted molar refractivity (Wildman–Crippen MR) is 47.0 cm³/mol. The van der Waals surface area contributed by atoms with Crippen molar-refractivity contribution in [2.24, 2.45) is 5.73 Å². The summed E-state index contributed by atoms with van der Waals surface area (Å²) in [6.07, 6.45) is 3.14. The van der Waals surface area contributed by atoms with E-state index in [1.807, 2.05) is 12.1 Å². The van der Waals surface area contributed by atoms with E-state index < -0.39 is 6.04 Å². The SMILES string of the molecule is NC(CO)c1ccc2cncnn12. The van der Waals surface area contributed by atoms with Crippen molar-refractivity contribution in [3.63, 3.8) is 0 Å². The fourth-order valence-corrected chi connectivity index (χ4v) is 1.26. The zero-order valence-corrected chi connectivity index (χ0v) is 6.96. The molecule has 5 heteroatoms. The van der Waals surface area contributed by atoms with E-state index in [9.17, 15) is 0 Å². The molecule has 0 saturated carbocycles. The smallest absolute Gasteiger partial charge is 0.136 e. The Labute approximate surface area is 74.8 Å². The Hall–Kier alpha value is -1.46. The van der Waals surface area contributed by atoms with Gasteiger partial charge in [-0.1, -0.05) is 0 Å². The first kappa shape index (κ1) is 8.15. The molecule has 0 fully saturated rings. The Morgan fingerprint density at radius 1 is 1.54 bits per heavy atom. The Bertz CT molecular complexity index is 411. The monoisotopic (exact) mass is 178 g/mol. The molecule has 1 atom stereocenters. The first-order valence-corrected chi connectivity index (χ1v) is 3.97. The highest BCUT2D eigenvalue weighted by atomic mass is 16.3. The summed E-state index contributed by atoms with van der Waals surface area (Å²) in [7, 11) is 0. The summed E-state index contributed by atoms with van der Waals surface area (Å²) in [5, 5.41) is 12.9. The molecule has 2 aromatic rings. The van der Waals surface area contributed by atoms with Crippen molar-refractivity contribution >= 4 is 5.52 Å². The van der Waals surface area contributed by atoms with Gasteiger partial charge in [-0.15, -0.1) is 0 Å². The van der Waals surface area contributed by atoms with Crippen LogP contribution in [0.2, 0.25) is 0 Å². The second-order valence-electron chi connectivity index (χ2n) is 2.79. The quantitative estimate of drug-likeness (QED) is 0.663. The molecule has 0 amide bonds. The van der Waals surface area contributed by atoms with Crippen LogP contribution in [0.3, 0.4) is 0 Å². The first-order chi connectivity index (χ1) is 6.33. The molecule has 2 rings (SSSR count). The largest absolute Gasteiger partial charge is 0.394 e. The molecule has 0 aliphatic heterocycles. The Morgan fingerprint density at radius 3 is 3.15 bits per heavy atom. The third kappa shape index (κ3) is 1.28. The van der Waals surface area contributed by atoms with E-state index in [4.69, 9.17) is 10.8 Å². The zero-order chi connectivity index (χ0) is 9.26. The minimum atomic E-state index is -0.391. The molecule has 0 bridgehead atoms. The minimum Gasteiger partial charge on any atom is -0.394 e. The van der Waals surface area contributed by atoms with E-state index >= 15 is 0 Å². The number of rotatable bonds is 2. The van der Waals surface area contributed by atoms with Crippen molar-refractivity contribution in [3.8, 4) is 0 Å². The fourth-order valence-electron chi connectivity index (χ4n) is 1.26. The average Bonchev–Trinajstić information content (AvgIpc) is 2.60. The summed E-state index contributed by atoms with van der Waals surface area (Å²) >= 11 is 0. The molecule has 2 heterocycles. The average molecular weight is 178 g/mol. The van der Waals surface area contributed by atoms with Gasteiger partial charge in [0.2, 0.25) is 0 Å². The maximum atomic E-state index is 8.88. The van der Waals surface area contributed by atoms with Gasteiger partial charge in [-0.3, -0.25) is 0 Å². The van der Waals surface area contributed by atoms with E-state index in [-0.39, 0.29) is 6.61 Å². The Balaban J connectivity index is 2.57. The molecule has 1 unspecified atom stereocenters. The molecular weight excluding hydrogens is 168 g/mol. The number of nitrogens with two attached hydrogens (primary N) is 1. The summed E-state index contributed by atoms with van der Waals surface area (Å²) in [5.74, 6) is 0. The van der Waals surface area contributed by atoms with Gasteiger partial charge in [0.25, 0.3) is 0 Å². The summed E-state index contributed by atoms with van der Waals surface area (Å²) in [6.45, 7) is -0.0872. The van der Waals surface area contributed by atoms with Gasteiger partial charge in [-0.2, -0.15) is 5.10 Å². The topological polar surface area (TPSA) is 76.4 Å². The minimum absolute atomic E-state index is 0.0872. The van der Waals surface area contributed by atoms with E-state index in [1.54, 1.807) is 10.7 Å². The lowest BCUT2D eigenvalue weighted by atomic mass is 10.2. The van der Waals surface area contributed by atoms with E-state index in [0.717, 1.165) is 11.2 Å². The molecule has 0 saturated heterocycles. The number of nitrogens with zero attached hydrogens (tertiary/aromatic N) is 3. The summed E-state index contributed by atoms with van der Waals surface area (Å²) in [6, 6.07) is 3.31. The van der Waals surface area contributed by atoms with Crippen molar-refractivity contribution in [3.05, 3.63) is 30.4 Å². The molecule has 13 heavy (non-hydrogen) atoms. The summed E-state index contributed by atoms with van der Waals surface area (Å²) in [5.41, 5.74) is 7.34. The van der Waals surface area contributed by atoms with Gasteiger partial charge in [0.1, 0.15) is 6.33 Å². The third-order valence-corrected chi connectivity index (χ3v) is 1.93. The van der Waals surface area contributed by atoms with Crippen LogP contribution in [-0.4, -0.2) is 26.3 Å². The van der Waals surface area contributed by atoms with Crippen molar-refractivity contribution in [1.29, 1.82) is 0 Å². The number of fused-ring (bicyclic) bond motifs is 1. The number of hydrogen-bond acceptors (Lipinski definition) is 4. The molecule has 0 aliphatic carbocycles. The van der Waals surface area contributed by atoms with Crippen LogP contribution in [0.4, 0.5) is 0 Å². The van der Waals surface area contributed by atoms with Gasteiger partial charge in [-0.05, 0) is 12.1 Å². The third-order valence-electron chi connectivity index (χ3n) is 1.93. The molecule has 68 valence electrons. The summed E-state index contributed by atoms with van der Waals surface area (Å²) in [4.78, 5) is 3.88. The van der Waals surface area contributed by atoms with Crippen LogP contribution in [-0.2, 0) is 0 Å². The highest BCUT2D eigenvalue weighted by molar-refractivity contribution is 5.46. The van der Waals surface area contributed by atoms with Crippen molar-refractivity contribution in [2.45, 2.75) is 6.04 Å². The lowest BCUT2D eigenvalue weighted by Gasteiger charge is -2.06. The van der Waals surface area contributed by atoms with E-state index in [1.165, 1.54) is 6.33 Å². The predicted octanol–water partition coefficient (Wildman–Crippen LogP) is -0.279. The van der Waals surface area contributed by atoms with Crippen molar-refractivity contribution in [1.82, 2.24) is 14.6 Å². The van der Waals surface area contributed by atoms with Gasteiger partial charge in [0, 0.05) is 0 Å². The fraction of sp³-hybridized carbons (Fsp3) is 0.250. The van der Waals surface area contributed by atoms with Crippen LogP contribution >= 0.6 is 0 Å². The molecule has 0 radical (unpaired) electrons. The van der Waals surface area contributed by atoms with Crippen LogP contribution in [0.25, 0.3) is 5.52 Å². The van der Waals surface area contributed by atoms with Crippen LogP contribution in [0.15, 0.2) is 24.7 Å². The molecular formula is C8H10N4O. The lowest BCUT2D eigenvalue weighted by molar-refractivity contribution is 0.264. The van der Waals surface area contributed by atoms with Crippen molar-refractivity contribution < 1.29 is 5.11 Å². The Kier molecular flexibility index (Phi) is 1.96. The second kappa shape index (κ2) is 3.12. The Morgan fingerprint density at radius 2 is 2.38 bits per heavy atom. The number of hydrogen-bond donors (Lipinski definition) is 2. The van der Waals surface area contributed by atoms with E-state index in [2.05, 4.69) is 10.1 Å². The highest BCUT2D eigenvalue weighted by Crippen LogP contribution is 2.12. The standard InChI is InChI=1S/C8H10N4O/c9-7(4-13)8-2-1-6-3-10-5-11-12(6)8/h1-3,5,7,13H,4,9H2. The van der Waals surface area contributed by atoms with Gasteiger partial charge in [-0.25, -0.2) is 9.50 Å². The molecule has 3 N–H and O–H groups in total. The van der Waals surface area contributed by atoms with Crippen LogP contribution < -0.4 is 5.73 Å². The molecule has 0 aliphatic rings. The van der Waals surface area contributed by atoms with Crippen LogP contribution in [0, 0.1) is 0 Å². The van der Waals surface area contributed by atoms with Crippen LogP contribution in [0.1, 0.15) is 11.7 Å². The molecule has 0 aromatic carbocycles. The van der Waals surface area contributed by atoms with Gasteiger partial charge in [0.05, 0.1) is 30.1 Å². The second-order valence-corrected chi connectivity index (χ2v) is 2.79. The zero-order valence-electron chi connectivity index (χ0n) is 6.96. The summed E-state index contributed by atoms with van der Waals surface area (Å²) < 4.78 is 1.67. The van der Waals surface area contributed by atoms with E-state index in [0.29, 0.717) is 0 Å². The molecule has 2 aromatic heterocycles. The lowest BCUT2D eigenvalue weighted by Crippen LogP contribution is -2.17. The maximum Gasteiger partial charge on any atom is 0.136 e. The highest BCUT2D eigenvalue weighted by Gasteiger charge is 2.09. The van der Waals surface area contributed by atoms with Crippen LogP contribution in [0.5, 0.6) is 0 Å². The number of aliphatic hydroxyl groups excluding tert-OH is 1. The van der Waals surface area contributed by atoms with Gasteiger partial charge < -0.3 is 10.8 Å². The molecule has 5 nitrogen and oxygen atoms in total. The van der Waals surface area contributed by atoms with Gasteiger partial charge >= 0.3 is 0 Å². The normalized spacial score (nSPS) is 13.4. The maximum absolute atomic E-state index is 8.88. The first-order valence-electron chi connectivity index (χ1n) is 3.97. The van der Waals surface area contributed by atoms with Gasteiger partial charge in [0.15, 0.2) is 0 Å². The van der Waals surface area contributed by atoms with Crippen molar-refractivity contribution in [2.75, 3.05) is 6.61 Å². The molecule has 0 spiro atoms.